The summed E-state index contributed by atoms with van der Waals surface area (Å²) in [5.74, 6) is -2.62. The number of carboxylic acid groups (broad SMARTS) is 1. The van der Waals surface area contributed by atoms with E-state index < -0.39 is 24.2 Å². The molecule has 0 bridgehead atoms. The molecular formula is C19H17F2NO4. The number of hydrogen-bond acceptors (Lipinski definition) is 3. The maximum Gasteiger partial charge on any atom is 0.341 e. The van der Waals surface area contributed by atoms with Crippen molar-refractivity contribution >= 4 is 11.9 Å². The maximum absolute atomic E-state index is 13.8. The highest BCUT2D eigenvalue weighted by Gasteiger charge is 2.45. The highest BCUT2D eigenvalue weighted by atomic mass is 19.1. The first-order chi connectivity index (χ1) is 12.4. The lowest BCUT2D eigenvalue weighted by Gasteiger charge is -2.08. The summed E-state index contributed by atoms with van der Waals surface area (Å²) in [5, 5.41) is 11.4. The highest BCUT2D eigenvalue weighted by Crippen LogP contribution is 2.48. The summed E-state index contributed by atoms with van der Waals surface area (Å²) < 4.78 is 32.1. The molecule has 1 saturated carbocycles. The lowest BCUT2D eigenvalue weighted by atomic mass is 10.1. The van der Waals surface area contributed by atoms with E-state index in [9.17, 15) is 18.4 Å². The molecule has 1 aliphatic rings. The number of benzene rings is 2. The Balaban J connectivity index is 1.54. The van der Waals surface area contributed by atoms with Gasteiger partial charge in [0.1, 0.15) is 17.4 Å². The molecule has 1 aliphatic carbocycles. The van der Waals surface area contributed by atoms with E-state index in [0.717, 1.165) is 23.8 Å². The van der Waals surface area contributed by atoms with E-state index in [4.69, 9.17) is 9.84 Å². The largest absolute Gasteiger partial charge is 0.482 e. The third-order valence-electron chi connectivity index (χ3n) is 4.21. The molecule has 0 saturated heterocycles. The number of carboxylic acids is 1. The van der Waals surface area contributed by atoms with Crippen LogP contribution in [0.15, 0.2) is 42.5 Å². The predicted molar refractivity (Wildman–Crippen MR) is 88.6 cm³/mol. The Kier molecular flexibility index (Phi) is 5.16. The van der Waals surface area contributed by atoms with E-state index in [-0.39, 0.29) is 29.9 Å². The fraction of sp³-hybridized carbons (Fsp3) is 0.263. The zero-order chi connectivity index (χ0) is 18.7. The lowest BCUT2D eigenvalue weighted by Crippen LogP contribution is -2.25. The van der Waals surface area contributed by atoms with Crippen LogP contribution in [0.25, 0.3) is 0 Å². The molecule has 1 amide bonds. The van der Waals surface area contributed by atoms with E-state index in [1.165, 1.54) is 0 Å². The molecule has 0 spiro atoms. The third-order valence-corrected chi connectivity index (χ3v) is 4.21. The molecule has 0 aromatic heterocycles. The number of amides is 1. The first kappa shape index (κ1) is 17.8. The second-order valence-electron chi connectivity index (χ2n) is 6.16. The molecular weight excluding hydrogens is 344 g/mol. The molecule has 7 heteroatoms. The van der Waals surface area contributed by atoms with Crippen molar-refractivity contribution in [2.45, 2.75) is 18.9 Å². The molecule has 136 valence electrons. The van der Waals surface area contributed by atoms with Crippen LogP contribution in [0.1, 0.15) is 23.5 Å². The topological polar surface area (TPSA) is 75.6 Å². The SMILES string of the molecule is O=C(O)COc1cccc(CNC(=O)[C@@H]2C[C@H]2c2cc(F)ccc2F)c1. The minimum Gasteiger partial charge on any atom is -0.482 e. The third kappa shape index (κ3) is 4.36. The zero-order valence-corrected chi connectivity index (χ0v) is 13.7. The maximum atomic E-state index is 13.8. The van der Waals surface area contributed by atoms with Gasteiger partial charge in [0.25, 0.3) is 0 Å². The van der Waals surface area contributed by atoms with Gasteiger partial charge in [-0.25, -0.2) is 13.6 Å². The molecule has 0 aliphatic heterocycles. The van der Waals surface area contributed by atoms with Crippen molar-refractivity contribution in [2.24, 2.45) is 5.92 Å². The van der Waals surface area contributed by atoms with Gasteiger partial charge in [0.15, 0.2) is 6.61 Å². The van der Waals surface area contributed by atoms with E-state index in [2.05, 4.69) is 5.32 Å². The van der Waals surface area contributed by atoms with Gasteiger partial charge in [-0.1, -0.05) is 12.1 Å². The van der Waals surface area contributed by atoms with Crippen molar-refractivity contribution in [2.75, 3.05) is 6.61 Å². The summed E-state index contributed by atoms with van der Waals surface area (Å²) in [6.45, 7) is -0.212. The number of nitrogens with one attached hydrogen (secondary N) is 1. The molecule has 0 heterocycles. The Morgan fingerprint density at radius 2 is 2.00 bits per heavy atom. The minimum absolute atomic E-state index is 0.226. The van der Waals surface area contributed by atoms with E-state index >= 15 is 0 Å². The van der Waals surface area contributed by atoms with Crippen LogP contribution in [0, 0.1) is 17.6 Å². The number of carbonyl (C=O) groups excluding carboxylic acids is 1. The molecule has 2 aromatic rings. The van der Waals surface area contributed by atoms with Gasteiger partial charge in [-0.15, -0.1) is 0 Å². The van der Waals surface area contributed by atoms with Gasteiger partial charge in [-0.05, 0) is 53.8 Å². The molecule has 2 aromatic carbocycles. The van der Waals surface area contributed by atoms with E-state index in [0.29, 0.717) is 12.2 Å². The lowest BCUT2D eigenvalue weighted by molar-refractivity contribution is -0.139. The molecule has 26 heavy (non-hydrogen) atoms. The van der Waals surface area contributed by atoms with Crippen LogP contribution in [0.4, 0.5) is 8.78 Å². The quantitative estimate of drug-likeness (QED) is 0.795. The van der Waals surface area contributed by atoms with Crippen molar-refractivity contribution in [3.63, 3.8) is 0 Å². The molecule has 5 nitrogen and oxygen atoms in total. The van der Waals surface area contributed by atoms with Crippen molar-refractivity contribution in [1.29, 1.82) is 0 Å². The monoisotopic (exact) mass is 361 g/mol. The summed E-state index contributed by atoms with van der Waals surface area (Å²) >= 11 is 0. The average Bonchev–Trinajstić information content (AvgIpc) is 3.41. The Morgan fingerprint density at radius 1 is 1.19 bits per heavy atom. The van der Waals surface area contributed by atoms with Crippen molar-refractivity contribution < 1.29 is 28.2 Å². The highest BCUT2D eigenvalue weighted by molar-refractivity contribution is 5.82. The summed E-state index contributed by atoms with van der Waals surface area (Å²) in [5.41, 5.74) is 0.976. The van der Waals surface area contributed by atoms with Crippen LogP contribution in [-0.4, -0.2) is 23.6 Å². The fourth-order valence-electron chi connectivity index (χ4n) is 2.84. The number of aliphatic carboxylic acids is 1. The summed E-state index contributed by atoms with van der Waals surface area (Å²) in [6, 6.07) is 9.98. The van der Waals surface area contributed by atoms with Crippen LogP contribution in [0.5, 0.6) is 5.75 Å². The van der Waals surface area contributed by atoms with Crippen LogP contribution in [-0.2, 0) is 16.1 Å². The molecule has 0 unspecified atom stereocenters. The van der Waals surface area contributed by atoms with Crippen LogP contribution >= 0.6 is 0 Å². The van der Waals surface area contributed by atoms with Gasteiger partial charge in [-0.2, -0.15) is 0 Å². The smallest absolute Gasteiger partial charge is 0.341 e. The second kappa shape index (κ2) is 7.51. The Morgan fingerprint density at radius 3 is 2.77 bits per heavy atom. The van der Waals surface area contributed by atoms with Crippen molar-refractivity contribution in [3.05, 3.63) is 65.2 Å². The van der Waals surface area contributed by atoms with Crippen LogP contribution < -0.4 is 10.1 Å². The van der Waals surface area contributed by atoms with Gasteiger partial charge in [0, 0.05) is 12.5 Å². The van der Waals surface area contributed by atoms with Gasteiger partial charge >= 0.3 is 5.97 Å². The van der Waals surface area contributed by atoms with Gasteiger partial charge < -0.3 is 15.2 Å². The van der Waals surface area contributed by atoms with E-state index in [1.807, 2.05) is 0 Å². The number of hydrogen-bond donors (Lipinski definition) is 2. The van der Waals surface area contributed by atoms with Gasteiger partial charge in [-0.3, -0.25) is 4.79 Å². The number of carbonyl (C=O) groups is 2. The van der Waals surface area contributed by atoms with Crippen LogP contribution in [0.3, 0.4) is 0 Å². The second-order valence-corrected chi connectivity index (χ2v) is 6.16. The molecule has 2 N–H and O–H groups in total. The zero-order valence-electron chi connectivity index (χ0n) is 13.7. The minimum atomic E-state index is -1.08. The first-order valence-electron chi connectivity index (χ1n) is 8.10. The summed E-state index contributed by atoms with van der Waals surface area (Å²) in [7, 11) is 0. The average molecular weight is 361 g/mol. The summed E-state index contributed by atoms with van der Waals surface area (Å²) in [4.78, 5) is 22.7. The molecule has 3 rings (SSSR count). The standard InChI is InChI=1S/C19H17F2NO4/c20-12-4-5-17(21)15(7-12)14-8-16(14)19(25)22-9-11-2-1-3-13(6-11)26-10-18(23)24/h1-7,14,16H,8-10H2,(H,22,25)(H,23,24)/t14-,16+/m0/s1. The first-order valence-corrected chi connectivity index (χ1v) is 8.10. The Bertz CT molecular complexity index is 840. The predicted octanol–water partition coefficient (Wildman–Crippen LogP) is 2.85. The molecule has 2 atom stereocenters. The van der Waals surface area contributed by atoms with Gasteiger partial charge in [0.05, 0.1) is 0 Å². The Hall–Kier alpha value is -2.96. The molecule has 0 radical (unpaired) electrons. The number of ether oxygens (including phenoxy) is 1. The number of rotatable bonds is 7. The summed E-state index contributed by atoms with van der Waals surface area (Å²) in [6.07, 6.45) is 0.480. The van der Waals surface area contributed by atoms with Crippen molar-refractivity contribution in [1.82, 2.24) is 5.32 Å². The normalized spacial score (nSPS) is 18.2. The van der Waals surface area contributed by atoms with Crippen molar-refractivity contribution in [3.8, 4) is 5.75 Å². The van der Waals surface area contributed by atoms with Gasteiger partial charge in [0.2, 0.25) is 5.91 Å². The molecule has 1 fully saturated rings. The number of halogens is 2. The van der Waals surface area contributed by atoms with Crippen LogP contribution in [0.2, 0.25) is 0 Å². The Labute approximate surface area is 148 Å². The fourth-order valence-corrected chi connectivity index (χ4v) is 2.84. The van der Waals surface area contributed by atoms with E-state index in [1.54, 1.807) is 24.3 Å².